The maximum atomic E-state index is 13.5. The molecule has 0 aromatic heterocycles. The maximum absolute atomic E-state index is 13.5. The Morgan fingerprint density at radius 3 is 2.05 bits per heavy atom. The van der Waals surface area contributed by atoms with Crippen LogP contribution >= 0.6 is 23.4 Å². The van der Waals surface area contributed by atoms with Crippen molar-refractivity contribution in [1.29, 1.82) is 0 Å². The SMILES string of the molecule is COC(=O)c1ccc(N2C(=O)C[C@H](SC(=NC(c3ccccc3)c3ccccc3)Nc3ccc(Cl)cc3)C2=O)cc1. The standard InChI is InChI=1S/C32H26ClN3O4S/c1-40-31(39)23-12-18-26(19-13-23)36-28(37)20-27(30(36)38)41-32(34-25-16-14-24(33)15-17-25)35-29(21-8-4-2-5-9-21)22-10-6-3-7-11-22/h2-19,27,29H,20H2,1H3,(H,34,35)/t27-/m0/s1. The first kappa shape index (κ1) is 28.1. The number of carbonyl (C=O) groups is 3. The van der Waals surface area contributed by atoms with Gasteiger partial charge >= 0.3 is 5.97 Å². The van der Waals surface area contributed by atoms with Gasteiger partial charge in [0.2, 0.25) is 11.8 Å². The normalized spacial score (nSPS) is 15.3. The fraction of sp³-hybridized carbons (Fsp3) is 0.125. The molecule has 9 heteroatoms. The van der Waals surface area contributed by atoms with Gasteiger partial charge in [-0.1, -0.05) is 84.0 Å². The average molecular weight is 584 g/mol. The molecule has 4 aromatic carbocycles. The van der Waals surface area contributed by atoms with Crippen LogP contribution in [0.3, 0.4) is 0 Å². The number of nitrogens with zero attached hydrogens (tertiary/aromatic N) is 2. The average Bonchev–Trinajstić information content (AvgIpc) is 3.29. The van der Waals surface area contributed by atoms with Crippen LogP contribution in [0, 0.1) is 0 Å². The van der Waals surface area contributed by atoms with E-state index >= 15 is 0 Å². The van der Waals surface area contributed by atoms with Crippen LogP contribution in [-0.2, 0) is 14.3 Å². The van der Waals surface area contributed by atoms with Crippen molar-refractivity contribution in [3.63, 3.8) is 0 Å². The number of aliphatic imine (C=N–C) groups is 1. The minimum Gasteiger partial charge on any atom is -0.465 e. The van der Waals surface area contributed by atoms with Crippen molar-refractivity contribution >= 4 is 57.7 Å². The predicted octanol–water partition coefficient (Wildman–Crippen LogP) is 6.75. The van der Waals surface area contributed by atoms with Crippen molar-refractivity contribution < 1.29 is 19.1 Å². The van der Waals surface area contributed by atoms with Crippen LogP contribution in [0.15, 0.2) is 114 Å². The quantitative estimate of drug-likeness (QED) is 0.112. The van der Waals surface area contributed by atoms with Gasteiger partial charge in [-0.25, -0.2) is 14.7 Å². The first-order chi connectivity index (χ1) is 19.9. The van der Waals surface area contributed by atoms with Crippen molar-refractivity contribution in [2.75, 3.05) is 17.3 Å². The van der Waals surface area contributed by atoms with Gasteiger partial charge < -0.3 is 10.1 Å². The Morgan fingerprint density at radius 1 is 0.902 bits per heavy atom. The van der Waals surface area contributed by atoms with Crippen molar-refractivity contribution in [1.82, 2.24) is 0 Å². The van der Waals surface area contributed by atoms with Crippen molar-refractivity contribution in [3.8, 4) is 0 Å². The fourth-order valence-corrected chi connectivity index (χ4v) is 5.62. The molecule has 0 bridgehead atoms. The first-order valence-corrected chi connectivity index (χ1v) is 14.1. The minimum absolute atomic E-state index is 0.00487. The summed E-state index contributed by atoms with van der Waals surface area (Å²) in [4.78, 5) is 44.6. The van der Waals surface area contributed by atoms with Crippen LogP contribution in [0.2, 0.25) is 5.02 Å². The number of carbonyl (C=O) groups excluding carboxylic acids is 3. The van der Waals surface area contributed by atoms with Gasteiger partial charge in [-0.3, -0.25) is 9.59 Å². The largest absolute Gasteiger partial charge is 0.465 e. The van der Waals surface area contributed by atoms with Gasteiger partial charge in [-0.05, 0) is 59.7 Å². The van der Waals surface area contributed by atoms with Gasteiger partial charge in [0, 0.05) is 17.1 Å². The van der Waals surface area contributed by atoms with Gasteiger partial charge in [-0.2, -0.15) is 0 Å². The van der Waals surface area contributed by atoms with Gasteiger partial charge in [0.05, 0.1) is 18.4 Å². The molecule has 41 heavy (non-hydrogen) atoms. The lowest BCUT2D eigenvalue weighted by atomic mass is 9.99. The Labute approximate surface area is 247 Å². The Morgan fingerprint density at radius 2 is 1.49 bits per heavy atom. The first-order valence-electron chi connectivity index (χ1n) is 12.8. The third kappa shape index (κ3) is 6.67. The molecule has 1 fully saturated rings. The Kier molecular flexibility index (Phi) is 8.82. The van der Waals surface area contributed by atoms with Gasteiger partial charge in [-0.15, -0.1) is 0 Å². The summed E-state index contributed by atoms with van der Waals surface area (Å²) in [5.74, 6) is -1.18. The molecule has 1 aliphatic heterocycles. The molecule has 0 aliphatic carbocycles. The number of hydrogen-bond donors (Lipinski definition) is 1. The molecular weight excluding hydrogens is 558 g/mol. The summed E-state index contributed by atoms with van der Waals surface area (Å²) in [6.45, 7) is 0. The summed E-state index contributed by atoms with van der Waals surface area (Å²) >= 11 is 7.31. The molecule has 1 N–H and O–H groups in total. The highest BCUT2D eigenvalue weighted by atomic mass is 35.5. The Balaban J connectivity index is 1.47. The molecule has 0 unspecified atom stereocenters. The number of methoxy groups -OCH3 is 1. The van der Waals surface area contributed by atoms with Crippen LogP contribution in [0.5, 0.6) is 0 Å². The van der Waals surface area contributed by atoms with E-state index in [0.29, 0.717) is 21.4 Å². The number of rotatable bonds is 7. The van der Waals surface area contributed by atoms with Crippen molar-refractivity contribution in [2.45, 2.75) is 17.7 Å². The van der Waals surface area contributed by atoms with Crippen LogP contribution in [0.1, 0.15) is 33.9 Å². The highest BCUT2D eigenvalue weighted by molar-refractivity contribution is 8.15. The zero-order valence-electron chi connectivity index (χ0n) is 22.1. The number of thioether (sulfide) groups is 1. The zero-order valence-corrected chi connectivity index (χ0v) is 23.6. The van der Waals surface area contributed by atoms with E-state index in [4.69, 9.17) is 21.3 Å². The third-order valence-corrected chi connectivity index (χ3v) is 7.81. The lowest BCUT2D eigenvalue weighted by Gasteiger charge is -2.19. The molecule has 5 rings (SSSR count). The number of hydrogen-bond acceptors (Lipinski definition) is 6. The summed E-state index contributed by atoms with van der Waals surface area (Å²) in [5, 5.41) is 3.72. The summed E-state index contributed by atoms with van der Waals surface area (Å²) in [5.41, 5.74) is 3.43. The van der Waals surface area contributed by atoms with Crippen molar-refractivity contribution in [3.05, 3.63) is 131 Å². The fourth-order valence-electron chi connectivity index (χ4n) is 4.44. The van der Waals surface area contributed by atoms with E-state index in [1.54, 1.807) is 24.3 Å². The monoisotopic (exact) mass is 583 g/mol. The van der Waals surface area contributed by atoms with Crippen LogP contribution in [0.25, 0.3) is 0 Å². The number of ether oxygens (including phenoxy) is 1. The summed E-state index contributed by atoms with van der Waals surface area (Å²) in [6, 6.07) is 32.8. The molecule has 0 spiro atoms. The van der Waals surface area contributed by atoms with E-state index in [1.807, 2.05) is 72.8 Å². The molecule has 7 nitrogen and oxygen atoms in total. The number of anilines is 2. The number of amidine groups is 1. The highest BCUT2D eigenvalue weighted by Gasteiger charge is 2.41. The number of esters is 1. The van der Waals surface area contributed by atoms with E-state index in [9.17, 15) is 14.4 Å². The van der Waals surface area contributed by atoms with E-state index < -0.39 is 11.2 Å². The zero-order chi connectivity index (χ0) is 28.8. The predicted molar refractivity (Wildman–Crippen MR) is 164 cm³/mol. The van der Waals surface area contributed by atoms with E-state index in [-0.39, 0.29) is 24.3 Å². The van der Waals surface area contributed by atoms with Crippen LogP contribution in [-0.4, -0.2) is 35.3 Å². The molecule has 0 radical (unpaired) electrons. The smallest absolute Gasteiger partial charge is 0.337 e. The van der Waals surface area contributed by atoms with E-state index in [0.717, 1.165) is 21.7 Å². The number of benzene rings is 4. The van der Waals surface area contributed by atoms with Gasteiger partial charge in [0.15, 0.2) is 5.17 Å². The second-order valence-corrected chi connectivity index (χ2v) is 10.8. The minimum atomic E-state index is -0.700. The van der Waals surface area contributed by atoms with E-state index in [2.05, 4.69) is 5.32 Å². The molecule has 1 atom stereocenters. The lowest BCUT2D eigenvalue weighted by molar-refractivity contribution is -0.121. The second kappa shape index (κ2) is 12.8. The van der Waals surface area contributed by atoms with Gasteiger partial charge in [0.1, 0.15) is 11.3 Å². The summed E-state index contributed by atoms with van der Waals surface area (Å²) in [6.07, 6.45) is 0.00487. The molecule has 1 aliphatic rings. The molecule has 2 amide bonds. The molecule has 4 aromatic rings. The molecular formula is C32H26ClN3O4S. The second-order valence-electron chi connectivity index (χ2n) is 9.21. The molecule has 0 saturated carbocycles. The number of imide groups is 1. The van der Waals surface area contributed by atoms with E-state index in [1.165, 1.54) is 31.0 Å². The lowest BCUT2D eigenvalue weighted by Crippen LogP contribution is -2.31. The number of nitrogens with one attached hydrogen (secondary N) is 1. The maximum Gasteiger partial charge on any atom is 0.337 e. The summed E-state index contributed by atoms with van der Waals surface area (Å²) < 4.78 is 4.74. The number of amides is 2. The van der Waals surface area contributed by atoms with Gasteiger partial charge in [0.25, 0.3) is 0 Å². The molecule has 1 heterocycles. The topological polar surface area (TPSA) is 88.1 Å². The molecule has 1 saturated heterocycles. The Hall–Kier alpha value is -4.40. The van der Waals surface area contributed by atoms with Crippen LogP contribution < -0.4 is 10.2 Å². The number of halogens is 1. The van der Waals surface area contributed by atoms with Crippen molar-refractivity contribution in [2.24, 2.45) is 4.99 Å². The summed E-state index contributed by atoms with van der Waals surface area (Å²) in [7, 11) is 1.29. The Bertz CT molecular complexity index is 1520. The van der Waals surface area contributed by atoms with Crippen LogP contribution in [0.4, 0.5) is 11.4 Å². The molecule has 206 valence electrons. The highest BCUT2D eigenvalue weighted by Crippen LogP contribution is 2.34. The third-order valence-electron chi connectivity index (χ3n) is 6.48.